The van der Waals surface area contributed by atoms with Gasteiger partial charge in [-0.05, 0) is 36.6 Å². The first-order chi connectivity index (χ1) is 12.5. The summed E-state index contributed by atoms with van der Waals surface area (Å²) in [5.74, 6) is 0.786. The molecule has 1 saturated heterocycles. The summed E-state index contributed by atoms with van der Waals surface area (Å²) in [5.41, 5.74) is 3.16. The molecule has 1 heterocycles. The van der Waals surface area contributed by atoms with E-state index in [0.29, 0.717) is 13.0 Å². The highest BCUT2D eigenvalue weighted by atomic mass is 16.6. The van der Waals surface area contributed by atoms with Gasteiger partial charge in [-0.15, -0.1) is 0 Å². The number of aryl methyl sites for hydroxylation is 1. The number of amides is 1. The lowest BCUT2D eigenvalue weighted by atomic mass is 10.0. The normalized spacial score (nSPS) is 19.9. The fraction of sp³-hybridized carbons (Fsp3) is 0.381. The number of aliphatic hydroxyl groups is 1. The Labute approximate surface area is 154 Å². The number of aliphatic hydroxyl groups excluding tert-OH is 1. The van der Waals surface area contributed by atoms with E-state index in [1.165, 1.54) is 4.90 Å². The van der Waals surface area contributed by atoms with E-state index in [2.05, 4.69) is 0 Å². The SMILES string of the molecule is Cc1cccc(OC2CCN(C(=O)OCc3ccccc3)CC2O)c1C. The Hall–Kier alpha value is -2.53. The summed E-state index contributed by atoms with van der Waals surface area (Å²) in [6, 6.07) is 15.4. The summed E-state index contributed by atoms with van der Waals surface area (Å²) < 4.78 is 11.3. The Morgan fingerprint density at radius 1 is 1.15 bits per heavy atom. The van der Waals surface area contributed by atoms with Crippen molar-refractivity contribution in [3.8, 4) is 5.75 Å². The van der Waals surface area contributed by atoms with Gasteiger partial charge in [-0.25, -0.2) is 4.79 Å². The summed E-state index contributed by atoms with van der Waals surface area (Å²) in [6.45, 7) is 4.98. The van der Waals surface area contributed by atoms with Gasteiger partial charge in [0.05, 0.1) is 6.54 Å². The minimum absolute atomic E-state index is 0.211. The first kappa shape index (κ1) is 18.3. The molecule has 1 N–H and O–H groups in total. The summed E-state index contributed by atoms with van der Waals surface area (Å²) in [6.07, 6.45) is -0.908. The lowest BCUT2D eigenvalue weighted by Gasteiger charge is -2.35. The number of likely N-dealkylation sites (tertiary alicyclic amines) is 1. The summed E-state index contributed by atoms with van der Waals surface area (Å²) in [4.78, 5) is 13.8. The Morgan fingerprint density at radius 2 is 1.92 bits per heavy atom. The van der Waals surface area contributed by atoms with Crippen molar-refractivity contribution in [2.45, 2.75) is 39.1 Å². The molecule has 2 aromatic carbocycles. The summed E-state index contributed by atoms with van der Waals surface area (Å²) in [5, 5.41) is 10.4. The van der Waals surface area contributed by atoms with E-state index in [0.717, 1.165) is 22.4 Å². The zero-order chi connectivity index (χ0) is 18.5. The van der Waals surface area contributed by atoms with Gasteiger partial charge in [-0.2, -0.15) is 0 Å². The first-order valence-electron chi connectivity index (χ1n) is 8.91. The molecule has 2 atom stereocenters. The molecule has 0 bridgehead atoms. The van der Waals surface area contributed by atoms with Crippen LogP contribution in [-0.2, 0) is 11.3 Å². The molecule has 3 rings (SSSR count). The van der Waals surface area contributed by atoms with Gasteiger partial charge in [-0.1, -0.05) is 42.5 Å². The van der Waals surface area contributed by atoms with Crippen LogP contribution in [-0.4, -0.2) is 41.4 Å². The minimum Gasteiger partial charge on any atom is -0.487 e. The number of β-amino-alcohol motifs (C(OH)–C–C–N with tert-alkyl or cyclic N) is 1. The highest BCUT2D eigenvalue weighted by Crippen LogP contribution is 2.25. The average molecular weight is 355 g/mol. The van der Waals surface area contributed by atoms with Crippen LogP contribution >= 0.6 is 0 Å². The van der Waals surface area contributed by atoms with E-state index in [4.69, 9.17) is 9.47 Å². The molecule has 2 aromatic rings. The van der Waals surface area contributed by atoms with E-state index >= 15 is 0 Å². The number of nitrogens with zero attached hydrogens (tertiary/aromatic N) is 1. The van der Waals surface area contributed by atoms with Gasteiger partial charge >= 0.3 is 6.09 Å². The second-order valence-electron chi connectivity index (χ2n) is 6.70. The lowest BCUT2D eigenvalue weighted by molar-refractivity contribution is -0.0255. The van der Waals surface area contributed by atoms with Gasteiger partial charge in [0, 0.05) is 13.0 Å². The molecule has 0 aliphatic carbocycles. The van der Waals surface area contributed by atoms with E-state index in [-0.39, 0.29) is 19.3 Å². The highest BCUT2D eigenvalue weighted by Gasteiger charge is 2.32. The molecular weight excluding hydrogens is 330 g/mol. The van der Waals surface area contributed by atoms with Gasteiger partial charge < -0.3 is 19.5 Å². The van der Waals surface area contributed by atoms with E-state index in [9.17, 15) is 9.90 Å². The van der Waals surface area contributed by atoms with Crippen molar-refractivity contribution in [3.63, 3.8) is 0 Å². The van der Waals surface area contributed by atoms with E-state index < -0.39 is 12.2 Å². The number of hydrogen-bond acceptors (Lipinski definition) is 4. The maximum atomic E-state index is 12.2. The van der Waals surface area contributed by atoms with Crippen molar-refractivity contribution in [1.29, 1.82) is 0 Å². The van der Waals surface area contributed by atoms with Crippen LogP contribution in [0.1, 0.15) is 23.1 Å². The number of rotatable bonds is 4. The molecule has 5 nitrogen and oxygen atoms in total. The van der Waals surface area contributed by atoms with Gasteiger partial charge in [0.1, 0.15) is 24.6 Å². The van der Waals surface area contributed by atoms with Crippen LogP contribution in [0.25, 0.3) is 0 Å². The first-order valence-corrected chi connectivity index (χ1v) is 8.91. The van der Waals surface area contributed by atoms with Crippen molar-refractivity contribution in [1.82, 2.24) is 4.90 Å². The molecular formula is C21H25NO4. The number of hydrogen-bond donors (Lipinski definition) is 1. The maximum Gasteiger partial charge on any atom is 0.410 e. The standard InChI is InChI=1S/C21H25NO4/c1-15-7-6-10-19(16(15)2)26-20-11-12-22(13-18(20)23)21(24)25-14-17-8-4-3-5-9-17/h3-10,18,20,23H,11-14H2,1-2H3. The minimum atomic E-state index is -0.743. The monoisotopic (exact) mass is 355 g/mol. The Bertz CT molecular complexity index is 747. The van der Waals surface area contributed by atoms with Gasteiger partial charge in [0.2, 0.25) is 0 Å². The molecule has 0 aromatic heterocycles. The smallest absolute Gasteiger partial charge is 0.410 e. The third-order valence-corrected chi connectivity index (χ3v) is 4.82. The molecule has 26 heavy (non-hydrogen) atoms. The van der Waals surface area contributed by atoms with Crippen LogP contribution in [0, 0.1) is 13.8 Å². The third kappa shape index (κ3) is 4.35. The molecule has 1 aliphatic heterocycles. The molecule has 1 amide bonds. The average Bonchev–Trinajstić information content (AvgIpc) is 2.65. The van der Waals surface area contributed by atoms with Crippen LogP contribution in [0.3, 0.4) is 0 Å². The predicted molar refractivity (Wildman–Crippen MR) is 99.2 cm³/mol. The second-order valence-corrected chi connectivity index (χ2v) is 6.70. The molecule has 1 aliphatic rings. The van der Waals surface area contributed by atoms with Crippen LogP contribution in [0.2, 0.25) is 0 Å². The third-order valence-electron chi connectivity index (χ3n) is 4.82. The molecule has 0 radical (unpaired) electrons. The van der Waals surface area contributed by atoms with Crippen molar-refractivity contribution < 1.29 is 19.4 Å². The fourth-order valence-corrected chi connectivity index (χ4v) is 3.04. The Balaban J connectivity index is 1.53. The van der Waals surface area contributed by atoms with Crippen LogP contribution in [0.5, 0.6) is 5.75 Å². The lowest BCUT2D eigenvalue weighted by Crippen LogP contribution is -2.51. The quantitative estimate of drug-likeness (QED) is 0.913. The van der Waals surface area contributed by atoms with Gasteiger partial charge in [-0.3, -0.25) is 0 Å². The van der Waals surface area contributed by atoms with Crippen LogP contribution < -0.4 is 4.74 Å². The largest absolute Gasteiger partial charge is 0.487 e. The second kappa shape index (κ2) is 8.23. The van der Waals surface area contributed by atoms with Crippen molar-refractivity contribution in [2.24, 2.45) is 0 Å². The molecule has 0 spiro atoms. The molecule has 138 valence electrons. The molecule has 5 heteroatoms. The number of ether oxygens (including phenoxy) is 2. The molecule has 2 unspecified atom stereocenters. The van der Waals surface area contributed by atoms with Crippen molar-refractivity contribution in [2.75, 3.05) is 13.1 Å². The van der Waals surface area contributed by atoms with Crippen LogP contribution in [0.4, 0.5) is 4.79 Å². The van der Waals surface area contributed by atoms with E-state index in [1.807, 2.05) is 62.4 Å². The van der Waals surface area contributed by atoms with Crippen molar-refractivity contribution in [3.05, 3.63) is 65.2 Å². The molecule has 0 saturated carbocycles. The number of carbonyl (C=O) groups excluding carboxylic acids is 1. The topological polar surface area (TPSA) is 59.0 Å². The van der Waals surface area contributed by atoms with E-state index in [1.54, 1.807) is 0 Å². The van der Waals surface area contributed by atoms with Crippen LogP contribution in [0.15, 0.2) is 48.5 Å². The summed E-state index contributed by atoms with van der Waals surface area (Å²) in [7, 11) is 0. The number of benzene rings is 2. The van der Waals surface area contributed by atoms with Crippen molar-refractivity contribution >= 4 is 6.09 Å². The maximum absolute atomic E-state index is 12.2. The number of piperidine rings is 1. The zero-order valence-electron chi connectivity index (χ0n) is 15.2. The highest BCUT2D eigenvalue weighted by molar-refractivity contribution is 5.67. The fourth-order valence-electron chi connectivity index (χ4n) is 3.04. The summed E-state index contributed by atoms with van der Waals surface area (Å²) >= 11 is 0. The van der Waals surface area contributed by atoms with Gasteiger partial charge in [0.25, 0.3) is 0 Å². The van der Waals surface area contributed by atoms with Gasteiger partial charge in [0.15, 0.2) is 0 Å². The Kier molecular flexibility index (Phi) is 5.78. The Morgan fingerprint density at radius 3 is 2.65 bits per heavy atom. The molecule has 1 fully saturated rings. The predicted octanol–water partition coefficient (Wildman–Crippen LogP) is 3.45. The zero-order valence-corrected chi connectivity index (χ0v) is 15.2. The number of carbonyl (C=O) groups is 1.